The highest BCUT2D eigenvalue weighted by molar-refractivity contribution is 9.10. The summed E-state index contributed by atoms with van der Waals surface area (Å²) in [6.07, 6.45) is 0. The number of aryl methyl sites for hydroxylation is 1. The van der Waals surface area contributed by atoms with Gasteiger partial charge >= 0.3 is 0 Å². The van der Waals surface area contributed by atoms with E-state index in [1.165, 1.54) is 11.3 Å². The number of thiazole rings is 1. The number of anilines is 1. The summed E-state index contributed by atoms with van der Waals surface area (Å²) in [5.74, 6) is 0.248. The number of rotatable bonds is 5. The van der Waals surface area contributed by atoms with Crippen molar-refractivity contribution in [1.29, 1.82) is 0 Å². The molecule has 0 spiro atoms. The molecule has 3 rings (SSSR count). The number of nitrogens with one attached hydrogen (secondary N) is 1. The lowest BCUT2D eigenvalue weighted by Gasteiger charge is -2.07. The molecule has 26 heavy (non-hydrogen) atoms. The van der Waals surface area contributed by atoms with Crippen molar-refractivity contribution in [3.63, 3.8) is 0 Å². The lowest BCUT2D eigenvalue weighted by molar-refractivity contribution is -0.118. The summed E-state index contributed by atoms with van der Waals surface area (Å²) in [5, 5.41) is 4.50. The molecule has 4 nitrogen and oxygen atoms in total. The SMILES string of the molecule is Cc1sc(NC(=O)COc2ccc(Cl)cc2Br)nc1-c1cccc(Cl)c1. The lowest BCUT2D eigenvalue weighted by Crippen LogP contribution is -2.20. The van der Waals surface area contributed by atoms with Gasteiger partial charge in [0.1, 0.15) is 5.75 Å². The minimum atomic E-state index is -0.293. The van der Waals surface area contributed by atoms with E-state index in [-0.39, 0.29) is 12.5 Å². The summed E-state index contributed by atoms with van der Waals surface area (Å²) in [6.45, 7) is 1.82. The highest BCUT2D eigenvalue weighted by Gasteiger charge is 2.13. The fraction of sp³-hybridized carbons (Fsp3) is 0.111. The van der Waals surface area contributed by atoms with E-state index in [4.69, 9.17) is 27.9 Å². The monoisotopic (exact) mass is 470 g/mol. The molecule has 0 saturated heterocycles. The first-order valence-electron chi connectivity index (χ1n) is 7.53. The van der Waals surface area contributed by atoms with E-state index < -0.39 is 0 Å². The highest BCUT2D eigenvalue weighted by atomic mass is 79.9. The Balaban J connectivity index is 1.65. The first-order chi connectivity index (χ1) is 12.4. The first kappa shape index (κ1) is 19.2. The Bertz CT molecular complexity index is 962. The van der Waals surface area contributed by atoms with Crippen molar-refractivity contribution in [2.45, 2.75) is 6.92 Å². The number of benzene rings is 2. The van der Waals surface area contributed by atoms with Crippen molar-refractivity contribution in [2.75, 3.05) is 11.9 Å². The predicted octanol–water partition coefficient (Wildman–Crippen LogP) is 6.21. The normalized spacial score (nSPS) is 10.6. The second-order valence-corrected chi connectivity index (χ2v) is 8.28. The van der Waals surface area contributed by atoms with Gasteiger partial charge in [-0.2, -0.15) is 0 Å². The van der Waals surface area contributed by atoms with Crippen LogP contribution in [0.25, 0.3) is 11.3 Å². The molecule has 2 aromatic carbocycles. The fourth-order valence-corrected chi connectivity index (χ4v) is 4.08. The summed E-state index contributed by atoms with van der Waals surface area (Å²) in [4.78, 5) is 17.6. The molecule has 1 heterocycles. The molecule has 8 heteroatoms. The average molecular weight is 472 g/mol. The molecule has 3 aromatic rings. The average Bonchev–Trinajstić information content (AvgIpc) is 2.94. The zero-order valence-electron chi connectivity index (χ0n) is 13.6. The van der Waals surface area contributed by atoms with E-state index in [2.05, 4.69) is 26.2 Å². The lowest BCUT2D eigenvalue weighted by atomic mass is 10.1. The van der Waals surface area contributed by atoms with E-state index in [1.807, 2.05) is 31.2 Å². The zero-order chi connectivity index (χ0) is 18.7. The number of carbonyl (C=O) groups is 1. The molecule has 0 bridgehead atoms. The number of halogens is 3. The summed E-state index contributed by atoms with van der Waals surface area (Å²) in [7, 11) is 0. The Hall–Kier alpha value is -1.60. The standard InChI is InChI=1S/C18H13BrCl2N2O2S/c1-10-17(11-3-2-4-12(20)7-11)23-18(26-10)22-16(24)9-25-15-6-5-13(21)8-14(15)19/h2-8H,9H2,1H3,(H,22,23,24). The number of aromatic nitrogens is 1. The van der Waals surface area contributed by atoms with E-state index in [9.17, 15) is 4.79 Å². The van der Waals surface area contributed by atoms with Crippen LogP contribution in [0.5, 0.6) is 5.75 Å². The van der Waals surface area contributed by atoms with Crippen molar-refractivity contribution < 1.29 is 9.53 Å². The second kappa shape index (κ2) is 8.39. The quantitative estimate of drug-likeness (QED) is 0.481. The maximum absolute atomic E-state index is 12.1. The topological polar surface area (TPSA) is 51.2 Å². The van der Waals surface area contributed by atoms with Gasteiger partial charge in [-0.25, -0.2) is 4.98 Å². The molecular formula is C18H13BrCl2N2O2S. The second-order valence-electron chi connectivity index (χ2n) is 5.35. The molecule has 0 saturated carbocycles. The fourth-order valence-electron chi connectivity index (χ4n) is 2.24. The van der Waals surface area contributed by atoms with Gasteiger partial charge in [-0.15, -0.1) is 11.3 Å². The third-order valence-electron chi connectivity index (χ3n) is 3.39. The number of nitrogens with zero attached hydrogens (tertiary/aromatic N) is 1. The van der Waals surface area contributed by atoms with Crippen LogP contribution < -0.4 is 10.1 Å². The van der Waals surface area contributed by atoms with Crippen molar-refractivity contribution in [3.05, 3.63) is 61.9 Å². The maximum atomic E-state index is 12.1. The van der Waals surface area contributed by atoms with Crippen molar-refractivity contribution in [2.24, 2.45) is 0 Å². The van der Waals surface area contributed by atoms with Crippen LogP contribution >= 0.6 is 50.5 Å². The van der Waals surface area contributed by atoms with Crippen LogP contribution in [0.15, 0.2) is 46.9 Å². The molecule has 0 aliphatic rings. The molecule has 0 fully saturated rings. The predicted molar refractivity (Wildman–Crippen MR) is 111 cm³/mol. The molecule has 0 radical (unpaired) electrons. The largest absolute Gasteiger partial charge is 0.483 e. The molecule has 0 atom stereocenters. The van der Waals surface area contributed by atoms with Gasteiger partial charge in [0.15, 0.2) is 11.7 Å². The van der Waals surface area contributed by atoms with Crippen molar-refractivity contribution in [3.8, 4) is 17.0 Å². The minimum absolute atomic E-state index is 0.134. The smallest absolute Gasteiger partial charge is 0.264 e. The summed E-state index contributed by atoms with van der Waals surface area (Å²) >= 11 is 16.7. The highest BCUT2D eigenvalue weighted by Crippen LogP contribution is 2.32. The van der Waals surface area contributed by atoms with E-state index in [0.29, 0.717) is 25.4 Å². The summed E-state index contributed by atoms with van der Waals surface area (Å²) in [6, 6.07) is 12.5. The van der Waals surface area contributed by atoms with Gasteiger partial charge in [0, 0.05) is 20.5 Å². The zero-order valence-corrected chi connectivity index (χ0v) is 17.5. The Morgan fingerprint density at radius 1 is 1.23 bits per heavy atom. The van der Waals surface area contributed by atoms with Crippen LogP contribution in [-0.2, 0) is 4.79 Å². The van der Waals surface area contributed by atoms with Gasteiger partial charge in [0.2, 0.25) is 0 Å². The van der Waals surface area contributed by atoms with Crippen LogP contribution in [0.4, 0.5) is 5.13 Å². The molecule has 1 aromatic heterocycles. The number of hydrogen-bond acceptors (Lipinski definition) is 4. The van der Waals surface area contributed by atoms with Crippen LogP contribution in [0, 0.1) is 6.92 Å². The van der Waals surface area contributed by atoms with Crippen LogP contribution in [-0.4, -0.2) is 17.5 Å². The molecule has 134 valence electrons. The van der Waals surface area contributed by atoms with Gasteiger partial charge in [-0.3, -0.25) is 10.1 Å². The molecule has 1 amide bonds. The third-order valence-corrected chi connectivity index (χ3v) is 5.37. The first-order valence-corrected chi connectivity index (χ1v) is 9.90. The minimum Gasteiger partial charge on any atom is -0.483 e. The number of ether oxygens (including phenoxy) is 1. The Kier molecular flexibility index (Phi) is 6.19. The van der Waals surface area contributed by atoms with Crippen LogP contribution in [0.2, 0.25) is 10.0 Å². The van der Waals surface area contributed by atoms with Gasteiger partial charge in [-0.1, -0.05) is 35.3 Å². The molecule has 1 N–H and O–H groups in total. The van der Waals surface area contributed by atoms with Gasteiger partial charge in [0.05, 0.1) is 10.2 Å². The summed E-state index contributed by atoms with van der Waals surface area (Å²) in [5.41, 5.74) is 1.71. The Morgan fingerprint density at radius 3 is 2.73 bits per heavy atom. The molecular weight excluding hydrogens is 459 g/mol. The Labute approximate surface area is 173 Å². The van der Waals surface area contributed by atoms with Crippen LogP contribution in [0.1, 0.15) is 4.88 Å². The van der Waals surface area contributed by atoms with Crippen LogP contribution in [0.3, 0.4) is 0 Å². The van der Waals surface area contributed by atoms with E-state index >= 15 is 0 Å². The van der Waals surface area contributed by atoms with E-state index in [1.54, 1.807) is 18.2 Å². The van der Waals surface area contributed by atoms with Crippen molar-refractivity contribution >= 4 is 61.5 Å². The maximum Gasteiger partial charge on any atom is 0.264 e. The third kappa shape index (κ3) is 4.76. The van der Waals surface area contributed by atoms with Gasteiger partial charge in [0.25, 0.3) is 5.91 Å². The van der Waals surface area contributed by atoms with Gasteiger partial charge < -0.3 is 4.74 Å². The number of hydrogen-bond donors (Lipinski definition) is 1. The van der Waals surface area contributed by atoms with Crippen molar-refractivity contribution in [1.82, 2.24) is 4.98 Å². The van der Waals surface area contributed by atoms with E-state index in [0.717, 1.165) is 16.1 Å². The number of carbonyl (C=O) groups excluding carboxylic acids is 1. The number of amides is 1. The molecule has 0 aliphatic heterocycles. The molecule has 0 aliphatic carbocycles. The molecule has 0 unspecified atom stereocenters. The Morgan fingerprint density at radius 2 is 2.00 bits per heavy atom. The van der Waals surface area contributed by atoms with Gasteiger partial charge in [-0.05, 0) is 53.2 Å². The summed E-state index contributed by atoms with van der Waals surface area (Å²) < 4.78 is 6.19.